The summed E-state index contributed by atoms with van der Waals surface area (Å²) in [5.41, 5.74) is 3.05. The quantitative estimate of drug-likeness (QED) is 0.905. The van der Waals surface area contributed by atoms with Gasteiger partial charge in [0.05, 0.1) is 11.9 Å². The van der Waals surface area contributed by atoms with Crippen LogP contribution in [-0.2, 0) is 4.79 Å². The highest BCUT2D eigenvalue weighted by Gasteiger charge is 2.45. The molecule has 2 heterocycles. The van der Waals surface area contributed by atoms with Crippen LogP contribution >= 0.6 is 0 Å². The Kier molecular flexibility index (Phi) is 4.50. The number of piperidine rings is 1. The van der Waals surface area contributed by atoms with E-state index in [1.807, 2.05) is 30.2 Å². The fraction of sp³-hybridized carbons (Fsp3) is 0.476. The van der Waals surface area contributed by atoms with E-state index in [-0.39, 0.29) is 11.8 Å². The summed E-state index contributed by atoms with van der Waals surface area (Å²) in [5.74, 6) is -0.211. The third-order valence-corrected chi connectivity index (χ3v) is 5.92. The lowest BCUT2D eigenvalue weighted by Gasteiger charge is -2.33. The minimum atomic E-state index is -0.515. The average molecular weight is 366 g/mol. The maximum Gasteiger partial charge on any atom is 0.251 e. The van der Waals surface area contributed by atoms with Crippen LogP contribution in [0.1, 0.15) is 48.5 Å². The highest BCUT2D eigenvalue weighted by atomic mass is 16.2. The Labute approximate surface area is 159 Å². The van der Waals surface area contributed by atoms with Crippen LogP contribution in [0, 0.1) is 12.3 Å². The zero-order chi connectivity index (χ0) is 19.0. The van der Waals surface area contributed by atoms with E-state index >= 15 is 0 Å². The molecule has 1 aromatic carbocycles. The van der Waals surface area contributed by atoms with Gasteiger partial charge in [-0.15, -0.1) is 0 Å². The second-order valence-corrected chi connectivity index (χ2v) is 8.03. The predicted octanol–water partition coefficient (Wildman–Crippen LogP) is 2.70. The van der Waals surface area contributed by atoms with E-state index in [9.17, 15) is 9.59 Å². The average Bonchev–Trinajstić information content (AvgIpc) is 3.29. The number of benzene rings is 1. The second-order valence-electron chi connectivity index (χ2n) is 8.03. The van der Waals surface area contributed by atoms with Gasteiger partial charge in [-0.25, -0.2) is 4.68 Å². The van der Waals surface area contributed by atoms with Gasteiger partial charge in [-0.2, -0.15) is 5.10 Å². The lowest BCUT2D eigenvalue weighted by atomic mass is 9.93. The van der Waals surface area contributed by atoms with Crippen molar-refractivity contribution in [3.63, 3.8) is 0 Å². The minimum absolute atomic E-state index is 0.0162. The molecule has 1 saturated carbocycles. The largest absolute Gasteiger partial charge is 0.341 e. The standard InChI is InChI=1S/C21H26N4O2/c1-15-13-22-25(14-15)18-5-3-17(4-6-18)19(26)23-16(2)20(27)24-11-9-21(7-8-21)10-12-24/h3-6,13-14,16H,7-12H2,1-2H3,(H,23,26)/t16-/m1/s1. The van der Waals surface area contributed by atoms with Crippen molar-refractivity contribution in [1.82, 2.24) is 20.0 Å². The highest BCUT2D eigenvalue weighted by Crippen LogP contribution is 2.53. The first kappa shape index (κ1) is 17.8. The monoisotopic (exact) mass is 366 g/mol. The van der Waals surface area contributed by atoms with Crippen LogP contribution in [0.2, 0.25) is 0 Å². The molecule has 1 spiro atoms. The SMILES string of the molecule is Cc1cnn(-c2ccc(C(=O)N[C@H](C)C(=O)N3CCC4(CC3)CC4)cc2)c1. The Balaban J connectivity index is 1.34. The summed E-state index contributed by atoms with van der Waals surface area (Å²) in [4.78, 5) is 27.0. The summed E-state index contributed by atoms with van der Waals surface area (Å²) in [6.07, 6.45) is 8.56. The molecule has 27 heavy (non-hydrogen) atoms. The molecule has 6 heteroatoms. The van der Waals surface area contributed by atoms with Crippen LogP contribution in [0.3, 0.4) is 0 Å². The van der Waals surface area contributed by atoms with Crippen molar-refractivity contribution in [3.05, 3.63) is 47.8 Å². The van der Waals surface area contributed by atoms with Crippen molar-refractivity contribution in [2.24, 2.45) is 5.41 Å². The van der Waals surface area contributed by atoms with E-state index < -0.39 is 6.04 Å². The van der Waals surface area contributed by atoms with Crippen molar-refractivity contribution in [1.29, 1.82) is 0 Å². The third kappa shape index (κ3) is 3.75. The third-order valence-electron chi connectivity index (χ3n) is 5.92. The lowest BCUT2D eigenvalue weighted by Crippen LogP contribution is -2.49. The molecule has 0 radical (unpaired) electrons. The number of rotatable bonds is 4. The summed E-state index contributed by atoms with van der Waals surface area (Å²) in [6.45, 7) is 5.38. The molecule has 1 aliphatic carbocycles. The molecule has 2 aliphatic rings. The molecule has 4 rings (SSSR count). The van der Waals surface area contributed by atoms with Crippen LogP contribution < -0.4 is 5.32 Å². The number of likely N-dealkylation sites (tertiary alicyclic amines) is 1. The van der Waals surface area contributed by atoms with Crippen molar-refractivity contribution in [2.75, 3.05) is 13.1 Å². The first-order valence-corrected chi connectivity index (χ1v) is 9.67. The molecule has 0 bridgehead atoms. The van der Waals surface area contributed by atoms with E-state index in [1.165, 1.54) is 12.8 Å². The Morgan fingerprint density at radius 2 is 1.78 bits per heavy atom. The second kappa shape index (κ2) is 6.83. The number of aromatic nitrogens is 2. The molecule has 1 aliphatic heterocycles. The molecule has 2 aromatic rings. The van der Waals surface area contributed by atoms with Gasteiger partial charge in [0.25, 0.3) is 5.91 Å². The summed E-state index contributed by atoms with van der Waals surface area (Å²) in [7, 11) is 0. The van der Waals surface area contributed by atoms with Crippen molar-refractivity contribution in [3.8, 4) is 5.69 Å². The fourth-order valence-corrected chi connectivity index (χ4v) is 3.81. The molecular weight excluding hydrogens is 340 g/mol. The van der Waals surface area contributed by atoms with Gasteiger partial charge in [0.2, 0.25) is 5.91 Å². The maximum absolute atomic E-state index is 12.6. The number of nitrogens with one attached hydrogen (secondary N) is 1. The van der Waals surface area contributed by atoms with Gasteiger partial charge in [0.1, 0.15) is 6.04 Å². The van der Waals surface area contributed by atoms with Gasteiger partial charge in [-0.05, 0) is 74.8 Å². The molecule has 1 aromatic heterocycles. The molecular formula is C21H26N4O2. The normalized spacial score (nSPS) is 19.0. The molecule has 2 fully saturated rings. The number of carbonyl (C=O) groups is 2. The molecule has 142 valence electrons. The van der Waals surface area contributed by atoms with Crippen molar-refractivity contribution >= 4 is 11.8 Å². The van der Waals surface area contributed by atoms with Crippen LogP contribution in [0.25, 0.3) is 5.69 Å². The fourth-order valence-electron chi connectivity index (χ4n) is 3.81. The van der Waals surface area contributed by atoms with E-state index in [2.05, 4.69) is 10.4 Å². The van der Waals surface area contributed by atoms with Crippen LogP contribution in [0.15, 0.2) is 36.7 Å². The zero-order valence-corrected chi connectivity index (χ0v) is 15.9. The number of aryl methyl sites for hydroxylation is 1. The first-order chi connectivity index (χ1) is 13.0. The zero-order valence-electron chi connectivity index (χ0n) is 15.9. The summed E-state index contributed by atoms with van der Waals surface area (Å²) >= 11 is 0. The Morgan fingerprint density at radius 3 is 2.33 bits per heavy atom. The molecule has 2 amide bonds. The van der Waals surface area contributed by atoms with E-state index in [0.717, 1.165) is 37.2 Å². The van der Waals surface area contributed by atoms with E-state index in [0.29, 0.717) is 11.0 Å². The van der Waals surface area contributed by atoms with Crippen molar-refractivity contribution < 1.29 is 9.59 Å². The Morgan fingerprint density at radius 1 is 1.11 bits per heavy atom. The minimum Gasteiger partial charge on any atom is -0.341 e. The molecule has 0 unspecified atom stereocenters. The summed E-state index contributed by atoms with van der Waals surface area (Å²) < 4.78 is 1.77. The summed E-state index contributed by atoms with van der Waals surface area (Å²) in [6, 6.07) is 6.72. The Bertz CT molecular complexity index is 841. The molecule has 1 N–H and O–H groups in total. The van der Waals surface area contributed by atoms with Gasteiger partial charge >= 0.3 is 0 Å². The van der Waals surface area contributed by atoms with Crippen molar-refractivity contribution in [2.45, 2.75) is 45.6 Å². The lowest BCUT2D eigenvalue weighted by molar-refractivity contribution is -0.134. The Hall–Kier alpha value is -2.63. The van der Waals surface area contributed by atoms with E-state index in [1.54, 1.807) is 29.9 Å². The highest BCUT2D eigenvalue weighted by molar-refractivity contribution is 5.97. The number of carbonyl (C=O) groups excluding carboxylic acids is 2. The van der Waals surface area contributed by atoms with Crippen LogP contribution in [-0.4, -0.2) is 45.6 Å². The molecule has 1 saturated heterocycles. The van der Waals surface area contributed by atoms with Gasteiger partial charge in [0, 0.05) is 24.8 Å². The topological polar surface area (TPSA) is 67.2 Å². The smallest absolute Gasteiger partial charge is 0.251 e. The maximum atomic E-state index is 12.6. The number of hydrogen-bond acceptors (Lipinski definition) is 3. The molecule has 1 atom stereocenters. The van der Waals surface area contributed by atoms with E-state index in [4.69, 9.17) is 0 Å². The molecule has 6 nitrogen and oxygen atoms in total. The van der Waals surface area contributed by atoms with Gasteiger partial charge in [-0.1, -0.05) is 0 Å². The van der Waals surface area contributed by atoms with Gasteiger partial charge in [0.15, 0.2) is 0 Å². The number of amides is 2. The number of hydrogen-bond donors (Lipinski definition) is 1. The predicted molar refractivity (Wildman–Crippen MR) is 103 cm³/mol. The summed E-state index contributed by atoms with van der Waals surface area (Å²) in [5, 5.41) is 7.10. The number of nitrogens with zero attached hydrogens (tertiary/aromatic N) is 3. The van der Waals surface area contributed by atoms with Gasteiger partial charge in [-0.3, -0.25) is 9.59 Å². The van der Waals surface area contributed by atoms with Gasteiger partial charge < -0.3 is 10.2 Å². The van der Waals surface area contributed by atoms with Crippen LogP contribution in [0.5, 0.6) is 0 Å². The van der Waals surface area contributed by atoms with Crippen LogP contribution in [0.4, 0.5) is 0 Å². The first-order valence-electron chi connectivity index (χ1n) is 9.67.